The number of hydrogen-bond acceptors (Lipinski definition) is 4. The molecule has 0 saturated carbocycles. The van der Waals surface area contributed by atoms with Crippen molar-refractivity contribution in [2.24, 2.45) is 0 Å². The van der Waals surface area contributed by atoms with Gasteiger partial charge in [0.25, 0.3) is 5.91 Å². The highest BCUT2D eigenvalue weighted by atomic mass is 16.5. The Labute approximate surface area is 134 Å². The van der Waals surface area contributed by atoms with Crippen LogP contribution in [0.5, 0.6) is 5.75 Å². The number of ether oxygens (including phenoxy) is 1. The molecule has 0 aromatic heterocycles. The van der Waals surface area contributed by atoms with Crippen LogP contribution in [0.4, 0.5) is 0 Å². The maximum Gasteiger partial charge on any atom is 0.251 e. The molecule has 0 unspecified atom stereocenters. The topological polar surface area (TPSA) is 87.7 Å². The maximum atomic E-state index is 12.3. The molecule has 0 bridgehead atoms. The van der Waals surface area contributed by atoms with Gasteiger partial charge in [-0.1, -0.05) is 6.07 Å². The third kappa shape index (κ3) is 2.86. The number of methoxy groups -OCH3 is 1. The quantitative estimate of drug-likeness (QED) is 0.816. The van der Waals surface area contributed by atoms with E-state index in [2.05, 4.69) is 10.6 Å². The molecule has 1 aromatic rings. The maximum absolute atomic E-state index is 12.3. The summed E-state index contributed by atoms with van der Waals surface area (Å²) in [5.41, 5.74) is 0.485. The Kier molecular flexibility index (Phi) is 3.94. The molecule has 2 heterocycles. The third-order valence-corrected chi connectivity index (χ3v) is 4.28. The summed E-state index contributed by atoms with van der Waals surface area (Å²) in [5, 5.41) is 5.55. The van der Waals surface area contributed by atoms with Gasteiger partial charge >= 0.3 is 0 Å². The fraction of sp³-hybridized carbons (Fsp3) is 0.438. The first-order valence-corrected chi connectivity index (χ1v) is 7.55. The molecule has 2 fully saturated rings. The number of carbonyl (C=O) groups is 3. The lowest BCUT2D eigenvalue weighted by Crippen LogP contribution is -2.60. The van der Waals surface area contributed by atoms with E-state index in [1.165, 1.54) is 7.11 Å². The molecule has 3 amide bonds. The molecule has 7 heteroatoms. The van der Waals surface area contributed by atoms with Gasteiger partial charge in [0.05, 0.1) is 7.11 Å². The predicted molar refractivity (Wildman–Crippen MR) is 82.0 cm³/mol. The summed E-state index contributed by atoms with van der Waals surface area (Å²) in [6.45, 7) is 2.02. The zero-order chi connectivity index (χ0) is 16.6. The van der Waals surface area contributed by atoms with Crippen molar-refractivity contribution in [2.75, 3.05) is 13.7 Å². The first kappa shape index (κ1) is 15.3. The second kappa shape index (κ2) is 5.91. The number of hydrogen-bond donors (Lipinski definition) is 2. The minimum absolute atomic E-state index is 0.104. The normalized spacial score (nSPS) is 26.5. The fourth-order valence-corrected chi connectivity index (χ4v) is 3.09. The molecular formula is C16H19N3O4. The molecule has 1 aromatic carbocycles. The fourth-order valence-electron chi connectivity index (χ4n) is 3.09. The van der Waals surface area contributed by atoms with Crippen LogP contribution in [0, 0.1) is 0 Å². The van der Waals surface area contributed by atoms with Crippen LogP contribution in [-0.4, -0.2) is 54.4 Å². The lowest BCUT2D eigenvalue weighted by atomic mass is 10.1. The SMILES string of the molecule is COc1cccc(C(=O)N[C@H]2C[C@H]3C(=O)N[C@@H](C)C(=O)N3C2)c1. The van der Waals surface area contributed by atoms with E-state index in [9.17, 15) is 14.4 Å². The van der Waals surface area contributed by atoms with Crippen molar-refractivity contribution in [2.45, 2.75) is 31.5 Å². The van der Waals surface area contributed by atoms with Crippen molar-refractivity contribution >= 4 is 17.7 Å². The van der Waals surface area contributed by atoms with E-state index in [4.69, 9.17) is 4.74 Å². The van der Waals surface area contributed by atoms with E-state index in [0.29, 0.717) is 24.3 Å². The van der Waals surface area contributed by atoms with Gasteiger partial charge in [-0.05, 0) is 31.5 Å². The first-order valence-electron chi connectivity index (χ1n) is 7.55. The van der Waals surface area contributed by atoms with Crippen molar-refractivity contribution < 1.29 is 19.1 Å². The lowest BCUT2D eigenvalue weighted by molar-refractivity contribution is -0.146. The van der Waals surface area contributed by atoms with Gasteiger partial charge in [-0.3, -0.25) is 14.4 Å². The summed E-state index contributed by atoms with van der Waals surface area (Å²) >= 11 is 0. The number of nitrogens with one attached hydrogen (secondary N) is 2. The second-order valence-electron chi connectivity index (χ2n) is 5.87. The van der Waals surface area contributed by atoms with E-state index in [-0.39, 0.29) is 23.8 Å². The van der Waals surface area contributed by atoms with Crippen LogP contribution >= 0.6 is 0 Å². The van der Waals surface area contributed by atoms with Gasteiger partial charge in [-0.2, -0.15) is 0 Å². The highest BCUT2D eigenvalue weighted by molar-refractivity contribution is 5.98. The van der Waals surface area contributed by atoms with Gasteiger partial charge in [-0.15, -0.1) is 0 Å². The number of carbonyl (C=O) groups excluding carboxylic acids is 3. The smallest absolute Gasteiger partial charge is 0.251 e. The van der Waals surface area contributed by atoms with Crippen LogP contribution in [0.15, 0.2) is 24.3 Å². The second-order valence-corrected chi connectivity index (χ2v) is 5.87. The first-order chi connectivity index (χ1) is 11.0. The molecule has 0 radical (unpaired) electrons. The molecule has 3 rings (SSSR count). The standard InChI is InChI=1S/C16H19N3O4/c1-9-16(22)19-8-11(7-13(19)15(21)17-9)18-14(20)10-4-3-5-12(6-10)23-2/h3-6,9,11,13H,7-8H2,1-2H3,(H,17,21)(H,18,20)/t9-,11-,13-/m0/s1. The van der Waals surface area contributed by atoms with Crippen LogP contribution in [0.25, 0.3) is 0 Å². The number of amides is 3. The van der Waals surface area contributed by atoms with Crippen LogP contribution in [-0.2, 0) is 9.59 Å². The molecule has 23 heavy (non-hydrogen) atoms. The molecule has 0 spiro atoms. The highest BCUT2D eigenvalue weighted by Gasteiger charge is 2.45. The van der Waals surface area contributed by atoms with E-state index in [1.54, 1.807) is 36.1 Å². The van der Waals surface area contributed by atoms with Crippen LogP contribution in [0.3, 0.4) is 0 Å². The summed E-state index contributed by atoms with van der Waals surface area (Å²) in [7, 11) is 1.54. The summed E-state index contributed by atoms with van der Waals surface area (Å²) in [5.74, 6) is 0.0995. The van der Waals surface area contributed by atoms with E-state index in [1.807, 2.05) is 0 Å². The molecule has 2 aliphatic rings. The summed E-state index contributed by atoms with van der Waals surface area (Å²) in [6, 6.07) is 5.61. The Bertz CT molecular complexity index is 660. The highest BCUT2D eigenvalue weighted by Crippen LogP contribution is 2.23. The minimum atomic E-state index is -0.508. The average molecular weight is 317 g/mol. The molecule has 2 N–H and O–H groups in total. The lowest BCUT2D eigenvalue weighted by Gasteiger charge is -2.32. The molecule has 122 valence electrons. The number of fused-ring (bicyclic) bond motifs is 1. The van der Waals surface area contributed by atoms with Crippen LogP contribution in [0.2, 0.25) is 0 Å². The van der Waals surface area contributed by atoms with Crippen molar-refractivity contribution in [3.05, 3.63) is 29.8 Å². The van der Waals surface area contributed by atoms with Gasteiger partial charge in [0.1, 0.15) is 17.8 Å². The van der Waals surface area contributed by atoms with Crippen molar-refractivity contribution in [3.8, 4) is 5.75 Å². The molecule has 0 aliphatic carbocycles. The molecule has 7 nitrogen and oxygen atoms in total. The van der Waals surface area contributed by atoms with E-state index >= 15 is 0 Å². The number of rotatable bonds is 3. The average Bonchev–Trinajstić information content (AvgIpc) is 2.97. The molecule has 2 saturated heterocycles. The van der Waals surface area contributed by atoms with Gasteiger partial charge < -0.3 is 20.3 Å². The number of nitrogens with zero attached hydrogens (tertiary/aromatic N) is 1. The number of piperazine rings is 1. The van der Waals surface area contributed by atoms with Crippen molar-refractivity contribution in [3.63, 3.8) is 0 Å². The summed E-state index contributed by atoms with van der Waals surface area (Å²) in [4.78, 5) is 38.0. The van der Waals surface area contributed by atoms with Gasteiger partial charge in [0, 0.05) is 18.2 Å². The Balaban J connectivity index is 1.68. The van der Waals surface area contributed by atoms with Gasteiger partial charge in [0.15, 0.2) is 0 Å². The molecular weight excluding hydrogens is 298 g/mol. The Morgan fingerprint density at radius 1 is 1.39 bits per heavy atom. The third-order valence-electron chi connectivity index (χ3n) is 4.28. The minimum Gasteiger partial charge on any atom is -0.497 e. The Hall–Kier alpha value is -2.57. The zero-order valence-electron chi connectivity index (χ0n) is 13.0. The van der Waals surface area contributed by atoms with Crippen LogP contribution < -0.4 is 15.4 Å². The van der Waals surface area contributed by atoms with E-state index in [0.717, 1.165) is 0 Å². The summed E-state index contributed by atoms with van der Waals surface area (Å²) < 4.78 is 5.11. The molecule has 2 aliphatic heterocycles. The molecule has 3 atom stereocenters. The monoisotopic (exact) mass is 317 g/mol. The van der Waals surface area contributed by atoms with Crippen molar-refractivity contribution in [1.82, 2.24) is 15.5 Å². The van der Waals surface area contributed by atoms with Gasteiger partial charge in [-0.25, -0.2) is 0 Å². The van der Waals surface area contributed by atoms with Crippen molar-refractivity contribution in [1.29, 1.82) is 0 Å². The van der Waals surface area contributed by atoms with Gasteiger partial charge in [0.2, 0.25) is 11.8 Å². The predicted octanol–water partition coefficient (Wildman–Crippen LogP) is -0.0872. The zero-order valence-corrected chi connectivity index (χ0v) is 13.0. The Morgan fingerprint density at radius 3 is 2.91 bits per heavy atom. The summed E-state index contributed by atoms with van der Waals surface area (Å²) in [6.07, 6.45) is 0.431. The van der Waals surface area contributed by atoms with E-state index < -0.39 is 12.1 Å². The van der Waals surface area contributed by atoms with Crippen LogP contribution in [0.1, 0.15) is 23.7 Å². The number of benzene rings is 1. The Morgan fingerprint density at radius 2 is 2.17 bits per heavy atom. The largest absolute Gasteiger partial charge is 0.497 e.